The van der Waals surface area contributed by atoms with Crippen LogP contribution in [0, 0.1) is 5.41 Å². The first-order valence-corrected chi connectivity index (χ1v) is 10.2. The van der Waals surface area contributed by atoms with Gasteiger partial charge in [-0.25, -0.2) is 0 Å². The van der Waals surface area contributed by atoms with Gasteiger partial charge in [-0.05, 0) is 49.9 Å². The third-order valence-electron chi connectivity index (χ3n) is 6.53. The number of hydrogen-bond donors (Lipinski definition) is 1. The van der Waals surface area contributed by atoms with Gasteiger partial charge >= 0.3 is 6.18 Å². The van der Waals surface area contributed by atoms with E-state index in [4.69, 9.17) is 0 Å². The van der Waals surface area contributed by atoms with Crippen molar-refractivity contribution in [3.63, 3.8) is 0 Å². The summed E-state index contributed by atoms with van der Waals surface area (Å²) in [4.78, 5) is 16.8. The van der Waals surface area contributed by atoms with Gasteiger partial charge in [0, 0.05) is 44.5 Å². The number of rotatable bonds is 6. The van der Waals surface area contributed by atoms with Crippen molar-refractivity contribution in [2.75, 3.05) is 37.6 Å². The largest absolute Gasteiger partial charge is 0.416 e. The zero-order valence-corrected chi connectivity index (χ0v) is 16.7. The summed E-state index contributed by atoms with van der Waals surface area (Å²) >= 11 is 0. The van der Waals surface area contributed by atoms with Crippen LogP contribution in [0.15, 0.2) is 24.3 Å². The van der Waals surface area contributed by atoms with Crippen LogP contribution >= 0.6 is 0 Å². The monoisotopic (exact) mass is 397 g/mol. The molecule has 0 aliphatic carbocycles. The van der Waals surface area contributed by atoms with E-state index in [2.05, 4.69) is 29.0 Å². The van der Waals surface area contributed by atoms with Crippen LogP contribution < -0.4 is 10.2 Å². The third-order valence-corrected chi connectivity index (χ3v) is 6.53. The maximum atomic E-state index is 12.7. The van der Waals surface area contributed by atoms with Gasteiger partial charge in [-0.15, -0.1) is 0 Å². The molecule has 1 amide bonds. The summed E-state index contributed by atoms with van der Waals surface area (Å²) in [6, 6.07) is 5.67. The normalized spacial score (nSPS) is 23.1. The highest BCUT2D eigenvalue weighted by atomic mass is 19.4. The van der Waals surface area contributed by atoms with Crippen molar-refractivity contribution in [3.05, 3.63) is 29.8 Å². The standard InChI is InChI=1S/C21H30F3N3O/c1-3-20(4-2)15-17(25-19(20)28)9-10-26-11-13-27(14-12-26)18-7-5-16(6-8-18)21(22,23)24/h5-8,17H,3-4,9-15H2,1-2H3,(H,25,28). The summed E-state index contributed by atoms with van der Waals surface area (Å²) in [5.41, 5.74) is 0.0430. The lowest BCUT2D eigenvalue weighted by molar-refractivity contribution is -0.137. The predicted molar refractivity (Wildman–Crippen MR) is 104 cm³/mol. The van der Waals surface area contributed by atoms with Crippen molar-refractivity contribution >= 4 is 11.6 Å². The van der Waals surface area contributed by atoms with Gasteiger partial charge < -0.3 is 10.2 Å². The number of nitrogens with zero attached hydrogens (tertiary/aromatic N) is 2. The van der Waals surface area contributed by atoms with Gasteiger partial charge in [-0.2, -0.15) is 13.2 Å². The van der Waals surface area contributed by atoms with Crippen LogP contribution in [-0.4, -0.2) is 49.6 Å². The molecule has 1 atom stereocenters. The number of anilines is 1. The smallest absolute Gasteiger partial charge is 0.369 e. The zero-order valence-electron chi connectivity index (χ0n) is 16.7. The highest BCUT2D eigenvalue weighted by molar-refractivity contribution is 5.85. The van der Waals surface area contributed by atoms with Gasteiger partial charge in [0.2, 0.25) is 5.91 Å². The lowest BCUT2D eigenvalue weighted by Crippen LogP contribution is -2.47. The van der Waals surface area contributed by atoms with Crippen molar-refractivity contribution in [1.29, 1.82) is 0 Å². The van der Waals surface area contributed by atoms with Crippen molar-refractivity contribution in [3.8, 4) is 0 Å². The first kappa shape index (κ1) is 21.0. The van der Waals surface area contributed by atoms with Gasteiger partial charge in [-0.1, -0.05) is 13.8 Å². The van der Waals surface area contributed by atoms with Crippen LogP contribution in [0.3, 0.4) is 0 Å². The topological polar surface area (TPSA) is 35.6 Å². The SMILES string of the molecule is CCC1(CC)CC(CCN2CCN(c3ccc(C(F)(F)F)cc3)CC2)NC1=O. The summed E-state index contributed by atoms with van der Waals surface area (Å²) in [5, 5.41) is 3.17. The van der Waals surface area contributed by atoms with Gasteiger partial charge in [-0.3, -0.25) is 9.69 Å². The average Bonchev–Trinajstić information content (AvgIpc) is 3.02. The minimum atomic E-state index is -4.29. The Balaban J connectivity index is 1.45. The van der Waals surface area contributed by atoms with Crippen molar-refractivity contribution in [1.82, 2.24) is 10.2 Å². The van der Waals surface area contributed by atoms with E-state index in [1.165, 1.54) is 0 Å². The highest BCUT2D eigenvalue weighted by Crippen LogP contribution is 2.37. The van der Waals surface area contributed by atoms with Crippen LogP contribution in [0.25, 0.3) is 0 Å². The molecular formula is C21H30F3N3O. The number of carbonyl (C=O) groups is 1. The van der Waals surface area contributed by atoms with E-state index in [9.17, 15) is 18.0 Å². The molecule has 156 valence electrons. The molecule has 0 bridgehead atoms. The van der Waals surface area contributed by atoms with Crippen LogP contribution in [0.4, 0.5) is 18.9 Å². The Kier molecular flexibility index (Phi) is 6.22. The summed E-state index contributed by atoms with van der Waals surface area (Å²) < 4.78 is 38.1. The zero-order chi connectivity index (χ0) is 20.4. The Morgan fingerprint density at radius 3 is 2.18 bits per heavy atom. The molecule has 4 nitrogen and oxygen atoms in total. The Morgan fingerprint density at radius 1 is 1.07 bits per heavy atom. The number of carbonyl (C=O) groups excluding carboxylic acids is 1. The molecule has 0 radical (unpaired) electrons. The van der Waals surface area contributed by atoms with Crippen LogP contribution in [0.5, 0.6) is 0 Å². The van der Waals surface area contributed by atoms with E-state index >= 15 is 0 Å². The summed E-state index contributed by atoms with van der Waals surface area (Å²) in [7, 11) is 0. The molecule has 1 aromatic rings. The van der Waals surface area contributed by atoms with Crippen LogP contribution in [-0.2, 0) is 11.0 Å². The van der Waals surface area contributed by atoms with Crippen molar-refractivity contribution in [2.24, 2.45) is 5.41 Å². The van der Waals surface area contributed by atoms with Crippen LogP contribution in [0.2, 0.25) is 0 Å². The summed E-state index contributed by atoms with van der Waals surface area (Å²) in [6.07, 6.45) is -0.645. The lowest BCUT2D eigenvalue weighted by atomic mass is 9.79. The van der Waals surface area contributed by atoms with E-state index in [0.29, 0.717) is 0 Å². The molecular weight excluding hydrogens is 367 g/mol. The van der Waals surface area contributed by atoms with E-state index in [-0.39, 0.29) is 17.4 Å². The molecule has 2 aliphatic rings. The van der Waals surface area contributed by atoms with Gasteiger partial charge in [0.1, 0.15) is 0 Å². The van der Waals surface area contributed by atoms with E-state index in [1.54, 1.807) is 12.1 Å². The molecule has 2 fully saturated rings. The maximum Gasteiger partial charge on any atom is 0.416 e. The number of amides is 1. The Morgan fingerprint density at radius 2 is 1.68 bits per heavy atom. The lowest BCUT2D eigenvalue weighted by Gasteiger charge is -2.36. The first-order valence-electron chi connectivity index (χ1n) is 10.2. The highest BCUT2D eigenvalue weighted by Gasteiger charge is 2.43. The summed E-state index contributed by atoms with van der Waals surface area (Å²) in [6.45, 7) is 8.49. The van der Waals surface area contributed by atoms with E-state index < -0.39 is 11.7 Å². The predicted octanol–water partition coefficient (Wildman–Crippen LogP) is 3.91. The fourth-order valence-electron chi connectivity index (χ4n) is 4.42. The molecule has 7 heteroatoms. The molecule has 2 aliphatic heterocycles. The molecule has 1 unspecified atom stereocenters. The second-order valence-electron chi connectivity index (χ2n) is 8.02. The molecule has 2 heterocycles. The molecule has 3 rings (SSSR count). The van der Waals surface area contributed by atoms with Crippen molar-refractivity contribution in [2.45, 2.75) is 51.7 Å². The number of alkyl halides is 3. The minimum absolute atomic E-state index is 0.189. The second-order valence-corrected chi connectivity index (χ2v) is 8.02. The maximum absolute atomic E-state index is 12.7. The third kappa shape index (κ3) is 4.45. The number of nitrogens with one attached hydrogen (secondary N) is 1. The van der Waals surface area contributed by atoms with Crippen LogP contribution in [0.1, 0.15) is 45.1 Å². The molecule has 0 saturated carbocycles. The minimum Gasteiger partial charge on any atom is -0.369 e. The van der Waals surface area contributed by atoms with E-state index in [0.717, 1.165) is 76.2 Å². The molecule has 2 saturated heterocycles. The molecule has 28 heavy (non-hydrogen) atoms. The number of halogens is 3. The molecule has 1 aromatic carbocycles. The molecule has 0 aromatic heterocycles. The van der Waals surface area contributed by atoms with Gasteiger partial charge in [0.25, 0.3) is 0 Å². The van der Waals surface area contributed by atoms with Crippen molar-refractivity contribution < 1.29 is 18.0 Å². The first-order chi connectivity index (χ1) is 13.3. The quantitative estimate of drug-likeness (QED) is 0.791. The fraction of sp³-hybridized carbons (Fsp3) is 0.667. The number of benzene rings is 1. The number of piperazine rings is 1. The van der Waals surface area contributed by atoms with Gasteiger partial charge in [0.15, 0.2) is 0 Å². The fourth-order valence-corrected chi connectivity index (χ4v) is 4.42. The Hall–Kier alpha value is -1.76. The Bertz CT molecular complexity index is 662. The molecule has 1 N–H and O–H groups in total. The van der Waals surface area contributed by atoms with Gasteiger partial charge in [0.05, 0.1) is 11.0 Å². The summed E-state index contributed by atoms with van der Waals surface area (Å²) in [5.74, 6) is 0.203. The second kappa shape index (κ2) is 8.31. The number of hydrogen-bond acceptors (Lipinski definition) is 3. The molecule has 0 spiro atoms. The average molecular weight is 397 g/mol. The van der Waals surface area contributed by atoms with E-state index in [1.807, 2.05) is 0 Å². The Labute approximate surface area is 165 Å².